The number of rotatable bonds is 6. The van der Waals surface area contributed by atoms with Crippen LogP contribution in [0.2, 0.25) is 0 Å². The Morgan fingerprint density at radius 1 is 1.53 bits per heavy atom. The molecule has 5 nitrogen and oxygen atoms in total. The third-order valence-corrected chi connectivity index (χ3v) is 3.54. The SMILES string of the molecule is CC(=O)c1sccc1OCc1ncnn1CC(C)C. The topological polar surface area (TPSA) is 57.0 Å². The van der Waals surface area contributed by atoms with Crippen LogP contribution < -0.4 is 4.74 Å². The first-order valence-electron chi connectivity index (χ1n) is 6.16. The molecule has 19 heavy (non-hydrogen) atoms. The van der Waals surface area contributed by atoms with Gasteiger partial charge in [-0.3, -0.25) is 4.79 Å². The fraction of sp³-hybridized carbons (Fsp3) is 0.462. The molecular weight excluding hydrogens is 262 g/mol. The average molecular weight is 279 g/mol. The van der Waals surface area contributed by atoms with E-state index in [-0.39, 0.29) is 5.78 Å². The van der Waals surface area contributed by atoms with Crippen molar-refractivity contribution >= 4 is 17.1 Å². The summed E-state index contributed by atoms with van der Waals surface area (Å²) in [6.07, 6.45) is 1.53. The second kappa shape index (κ2) is 5.97. The standard InChI is InChI=1S/C13H17N3O2S/c1-9(2)6-16-12(14-8-15-16)7-18-11-4-5-19-13(11)10(3)17/h4-5,8-9H,6-7H2,1-3H3. The maximum atomic E-state index is 11.4. The van der Waals surface area contributed by atoms with Gasteiger partial charge in [0.05, 0.1) is 0 Å². The molecular formula is C13H17N3O2S. The van der Waals surface area contributed by atoms with Gasteiger partial charge in [0, 0.05) is 13.5 Å². The molecule has 0 saturated heterocycles. The van der Waals surface area contributed by atoms with Crippen LogP contribution in [0.3, 0.4) is 0 Å². The van der Waals surface area contributed by atoms with Crippen molar-refractivity contribution in [3.8, 4) is 5.75 Å². The van der Waals surface area contributed by atoms with Gasteiger partial charge in [-0.05, 0) is 17.4 Å². The molecule has 102 valence electrons. The summed E-state index contributed by atoms with van der Waals surface area (Å²) in [5.74, 6) is 1.91. The van der Waals surface area contributed by atoms with Gasteiger partial charge in [0.15, 0.2) is 11.6 Å². The quantitative estimate of drug-likeness (QED) is 0.763. The van der Waals surface area contributed by atoms with Gasteiger partial charge in [-0.15, -0.1) is 11.3 Å². The molecule has 0 bridgehead atoms. The number of carbonyl (C=O) groups is 1. The van der Waals surface area contributed by atoms with Crippen molar-refractivity contribution in [1.82, 2.24) is 14.8 Å². The molecule has 0 radical (unpaired) electrons. The molecule has 0 saturated carbocycles. The predicted molar refractivity (Wildman–Crippen MR) is 73.5 cm³/mol. The van der Waals surface area contributed by atoms with Crippen molar-refractivity contribution in [1.29, 1.82) is 0 Å². The number of Topliss-reactive ketones (excluding diaryl/α,β-unsaturated/α-hetero) is 1. The lowest BCUT2D eigenvalue weighted by Gasteiger charge is -2.09. The number of aromatic nitrogens is 3. The molecule has 6 heteroatoms. The van der Waals surface area contributed by atoms with E-state index in [0.29, 0.717) is 23.2 Å². The van der Waals surface area contributed by atoms with Crippen LogP contribution in [0.15, 0.2) is 17.8 Å². The number of carbonyl (C=O) groups excluding carboxylic acids is 1. The summed E-state index contributed by atoms with van der Waals surface area (Å²) < 4.78 is 7.51. The number of ketones is 1. The molecule has 0 aromatic carbocycles. The van der Waals surface area contributed by atoms with Crippen LogP contribution in [0.25, 0.3) is 0 Å². The molecule has 2 heterocycles. The highest BCUT2D eigenvalue weighted by Gasteiger charge is 2.12. The van der Waals surface area contributed by atoms with Crippen molar-refractivity contribution in [2.75, 3.05) is 0 Å². The minimum Gasteiger partial charge on any atom is -0.484 e. The van der Waals surface area contributed by atoms with E-state index in [1.807, 2.05) is 16.1 Å². The van der Waals surface area contributed by atoms with Crippen molar-refractivity contribution in [2.24, 2.45) is 5.92 Å². The Morgan fingerprint density at radius 3 is 3.00 bits per heavy atom. The third-order valence-electron chi connectivity index (χ3n) is 2.54. The van der Waals surface area contributed by atoms with E-state index in [1.165, 1.54) is 17.7 Å². The number of hydrogen-bond acceptors (Lipinski definition) is 5. The largest absolute Gasteiger partial charge is 0.484 e. The highest BCUT2D eigenvalue weighted by molar-refractivity contribution is 7.12. The zero-order valence-corrected chi connectivity index (χ0v) is 12.1. The van der Waals surface area contributed by atoms with Crippen molar-refractivity contribution in [3.63, 3.8) is 0 Å². The summed E-state index contributed by atoms with van der Waals surface area (Å²) in [7, 11) is 0. The first kappa shape index (κ1) is 13.7. The van der Waals surface area contributed by atoms with Gasteiger partial charge in [0.25, 0.3) is 0 Å². The molecule has 0 aliphatic carbocycles. The van der Waals surface area contributed by atoms with E-state index in [1.54, 1.807) is 6.92 Å². The highest BCUT2D eigenvalue weighted by Crippen LogP contribution is 2.25. The van der Waals surface area contributed by atoms with Crippen molar-refractivity contribution in [2.45, 2.75) is 33.9 Å². The molecule has 0 aliphatic rings. The summed E-state index contributed by atoms with van der Waals surface area (Å²) in [4.78, 5) is 16.2. The smallest absolute Gasteiger partial charge is 0.173 e. The Bertz CT molecular complexity index is 560. The van der Waals surface area contributed by atoms with Crippen LogP contribution >= 0.6 is 11.3 Å². The Labute approximate surface area is 116 Å². The maximum Gasteiger partial charge on any atom is 0.173 e. The van der Waals surface area contributed by atoms with E-state index in [9.17, 15) is 4.79 Å². The summed E-state index contributed by atoms with van der Waals surface area (Å²) in [6, 6.07) is 1.81. The predicted octanol–water partition coefficient (Wildman–Crippen LogP) is 2.78. The Morgan fingerprint density at radius 2 is 2.32 bits per heavy atom. The first-order valence-corrected chi connectivity index (χ1v) is 7.03. The van der Waals surface area contributed by atoms with E-state index in [4.69, 9.17) is 4.74 Å². The number of thiophene rings is 1. The molecule has 2 aromatic heterocycles. The summed E-state index contributed by atoms with van der Waals surface area (Å²) in [5, 5.41) is 6.03. The van der Waals surface area contributed by atoms with Gasteiger partial charge in [-0.1, -0.05) is 13.8 Å². The minimum absolute atomic E-state index is 0.0219. The Kier molecular flexibility index (Phi) is 4.31. The summed E-state index contributed by atoms with van der Waals surface area (Å²) in [5.41, 5.74) is 0. The zero-order chi connectivity index (χ0) is 13.8. The van der Waals surface area contributed by atoms with Crippen LogP contribution in [0.4, 0.5) is 0 Å². The monoisotopic (exact) mass is 279 g/mol. The Balaban J connectivity index is 2.04. The molecule has 0 fully saturated rings. The van der Waals surface area contributed by atoms with Crippen LogP contribution in [0.1, 0.15) is 36.3 Å². The normalized spacial score (nSPS) is 10.9. The molecule has 0 N–H and O–H groups in total. The molecule has 2 aromatic rings. The number of ether oxygens (including phenoxy) is 1. The highest BCUT2D eigenvalue weighted by atomic mass is 32.1. The van der Waals surface area contributed by atoms with E-state index in [0.717, 1.165) is 12.4 Å². The lowest BCUT2D eigenvalue weighted by atomic mass is 10.2. The van der Waals surface area contributed by atoms with Crippen LogP contribution in [-0.4, -0.2) is 20.5 Å². The van der Waals surface area contributed by atoms with Gasteiger partial charge >= 0.3 is 0 Å². The molecule has 0 aliphatic heterocycles. The summed E-state index contributed by atoms with van der Waals surface area (Å²) >= 11 is 1.39. The second-order valence-corrected chi connectivity index (χ2v) is 5.63. The second-order valence-electron chi connectivity index (χ2n) is 4.71. The third kappa shape index (κ3) is 3.41. The van der Waals surface area contributed by atoms with Gasteiger partial charge in [-0.2, -0.15) is 5.10 Å². The van der Waals surface area contributed by atoms with Crippen LogP contribution in [0, 0.1) is 5.92 Å². The van der Waals surface area contributed by atoms with Crippen LogP contribution in [0.5, 0.6) is 5.75 Å². The average Bonchev–Trinajstić information content (AvgIpc) is 2.94. The summed E-state index contributed by atoms with van der Waals surface area (Å²) in [6.45, 7) is 6.92. The van der Waals surface area contributed by atoms with E-state index >= 15 is 0 Å². The fourth-order valence-corrected chi connectivity index (χ4v) is 2.45. The fourth-order valence-electron chi connectivity index (χ4n) is 1.71. The van der Waals surface area contributed by atoms with Gasteiger partial charge < -0.3 is 4.74 Å². The molecule has 2 rings (SSSR count). The zero-order valence-electron chi connectivity index (χ0n) is 11.3. The number of nitrogens with zero attached hydrogens (tertiary/aromatic N) is 3. The molecule has 0 unspecified atom stereocenters. The van der Waals surface area contributed by atoms with Crippen molar-refractivity contribution in [3.05, 3.63) is 28.5 Å². The first-order chi connectivity index (χ1) is 9.08. The lowest BCUT2D eigenvalue weighted by molar-refractivity contribution is 0.101. The van der Waals surface area contributed by atoms with Gasteiger partial charge in [0.1, 0.15) is 23.6 Å². The lowest BCUT2D eigenvalue weighted by Crippen LogP contribution is -2.12. The molecule has 0 spiro atoms. The van der Waals surface area contributed by atoms with Gasteiger partial charge in [0.2, 0.25) is 0 Å². The van der Waals surface area contributed by atoms with E-state index in [2.05, 4.69) is 23.9 Å². The van der Waals surface area contributed by atoms with Gasteiger partial charge in [-0.25, -0.2) is 9.67 Å². The molecule has 0 atom stereocenters. The number of hydrogen-bond donors (Lipinski definition) is 0. The Hall–Kier alpha value is -1.69. The van der Waals surface area contributed by atoms with E-state index < -0.39 is 0 Å². The molecule has 0 amide bonds. The van der Waals surface area contributed by atoms with Crippen LogP contribution in [-0.2, 0) is 13.2 Å². The van der Waals surface area contributed by atoms with Crippen molar-refractivity contribution < 1.29 is 9.53 Å². The maximum absolute atomic E-state index is 11.4. The minimum atomic E-state index is 0.0219.